The Morgan fingerprint density at radius 3 is 2.27 bits per heavy atom. The highest BCUT2D eigenvalue weighted by Gasteiger charge is 2.30. The van der Waals surface area contributed by atoms with E-state index in [9.17, 15) is 18.0 Å². The molecule has 0 aliphatic heterocycles. The number of methoxy groups -OCH3 is 2. The molecule has 1 unspecified atom stereocenters. The Kier molecular flexibility index (Phi) is 5.90. The summed E-state index contributed by atoms with van der Waals surface area (Å²) in [5, 5.41) is 2.34. The van der Waals surface area contributed by atoms with E-state index in [1.807, 2.05) is 0 Å². The first-order valence-corrected chi connectivity index (χ1v) is 6.40. The third-order valence-electron chi connectivity index (χ3n) is 2.94. The van der Waals surface area contributed by atoms with Crippen LogP contribution in [0.1, 0.15) is 24.1 Å². The predicted molar refractivity (Wildman–Crippen MR) is 73.2 cm³/mol. The minimum Gasteiger partial charge on any atom is -0.493 e. The first-order chi connectivity index (χ1) is 10.2. The van der Waals surface area contributed by atoms with E-state index in [1.165, 1.54) is 14.2 Å². The van der Waals surface area contributed by atoms with Crippen LogP contribution in [0.4, 0.5) is 18.0 Å². The molecule has 0 aliphatic carbocycles. The average molecular weight is 321 g/mol. The van der Waals surface area contributed by atoms with E-state index < -0.39 is 24.9 Å². The van der Waals surface area contributed by atoms with Crippen molar-refractivity contribution in [3.63, 3.8) is 0 Å². The van der Waals surface area contributed by atoms with Crippen LogP contribution in [0.3, 0.4) is 0 Å². The van der Waals surface area contributed by atoms with Crippen molar-refractivity contribution in [2.45, 2.75) is 26.1 Å². The van der Waals surface area contributed by atoms with Crippen molar-refractivity contribution in [2.24, 2.45) is 0 Å². The molecule has 0 aliphatic rings. The number of ether oxygens (including phenoxy) is 3. The molecule has 0 aromatic heterocycles. The number of carbonyl (C=O) groups excluding carboxylic acids is 1. The molecule has 8 heteroatoms. The van der Waals surface area contributed by atoms with Gasteiger partial charge in [0.25, 0.3) is 0 Å². The fourth-order valence-corrected chi connectivity index (χ4v) is 1.91. The van der Waals surface area contributed by atoms with E-state index in [4.69, 9.17) is 9.47 Å². The lowest BCUT2D eigenvalue weighted by Crippen LogP contribution is -2.31. The lowest BCUT2D eigenvalue weighted by atomic mass is 10.0. The molecular formula is C14H18F3NO4. The summed E-state index contributed by atoms with van der Waals surface area (Å²) in [5.41, 5.74) is 1.47. The maximum Gasteiger partial charge on any atom is 0.422 e. The van der Waals surface area contributed by atoms with Gasteiger partial charge in [0.1, 0.15) is 0 Å². The Hall–Kier alpha value is -2.12. The molecule has 1 aromatic carbocycles. The molecule has 124 valence electrons. The molecule has 0 saturated heterocycles. The molecule has 0 heterocycles. The number of hydrogen-bond donors (Lipinski definition) is 1. The zero-order valence-electron chi connectivity index (χ0n) is 12.7. The number of halogens is 3. The third kappa shape index (κ3) is 5.01. The molecule has 0 fully saturated rings. The van der Waals surface area contributed by atoms with Gasteiger partial charge in [-0.15, -0.1) is 0 Å². The van der Waals surface area contributed by atoms with E-state index in [2.05, 4.69) is 10.1 Å². The molecule has 1 rings (SSSR count). The standard InChI is InChI=1S/C14H18F3NO4/c1-8-5-11(20-3)12(21-4)6-10(8)9(2)18-13(19)22-7-14(15,16)17/h5-6,9H,7H2,1-4H3,(H,18,19). The Balaban J connectivity index is 2.81. The van der Waals surface area contributed by atoms with Crippen LogP contribution in [0, 0.1) is 6.92 Å². The lowest BCUT2D eigenvalue weighted by molar-refractivity contribution is -0.160. The second-order valence-electron chi connectivity index (χ2n) is 4.62. The quantitative estimate of drug-likeness (QED) is 0.903. The zero-order valence-corrected chi connectivity index (χ0v) is 12.7. The minimum atomic E-state index is -4.56. The fourth-order valence-electron chi connectivity index (χ4n) is 1.91. The largest absolute Gasteiger partial charge is 0.493 e. The second kappa shape index (κ2) is 7.24. The SMILES string of the molecule is COc1cc(C)c(C(C)NC(=O)OCC(F)(F)F)cc1OC. The smallest absolute Gasteiger partial charge is 0.422 e. The van der Waals surface area contributed by atoms with E-state index in [1.54, 1.807) is 26.0 Å². The van der Waals surface area contributed by atoms with Gasteiger partial charge in [0.15, 0.2) is 18.1 Å². The van der Waals surface area contributed by atoms with Crippen LogP contribution in [0.25, 0.3) is 0 Å². The summed E-state index contributed by atoms with van der Waals surface area (Å²) in [6, 6.07) is 2.82. The van der Waals surface area contributed by atoms with Crippen LogP contribution in [0.15, 0.2) is 12.1 Å². The van der Waals surface area contributed by atoms with Gasteiger partial charge in [-0.1, -0.05) is 0 Å². The molecule has 22 heavy (non-hydrogen) atoms. The van der Waals surface area contributed by atoms with Gasteiger partial charge in [-0.3, -0.25) is 0 Å². The Bertz CT molecular complexity index is 532. The number of alkyl halides is 3. The maximum absolute atomic E-state index is 12.0. The van der Waals surface area contributed by atoms with Gasteiger partial charge in [0, 0.05) is 0 Å². The molecular weight excluding hydrogens is 303 g/mol. The van der Waals surface area contributed by atoms with Gasteiger partial charge in [-0.05, 0) is 37.1 Å². The molecule has 1 atom stereocenters. The number of amides is 1. The van der Waals surface area contributed by atoms with Gasteiger partial charge in [-0.25, -0.2) is 4.79 Å². The Morgan fingerprint density at radius 1 is 1.23 bits per heavy atom. The summed E-state index contributed by atoms with van der Waals surface area (Å²) >= 11 is 0. The number of rotatable bonds is 5. The Labute approximate surface area is 126 Å². The highest BCUT2D eigenvalue weighted by Crippen LogP contribution is 2.32. The number of carbonyl (C=O) groups is 1. The minimum absolute atomic E-state index is 0.459. The Morgan fingerprint density at radius 2 is 1.77 bits per heavy atom. The van der Waals surface area contributed by atoms with Gasteiger partial charge in [-0.2, -0.15) is 13.2 Å². The molecule has 1 amide bonds. The van der Waals surface area contributed by atoms with Crippen molar-refractivity contribution in [1.29, 1.82) is 0 Å². The van der Waals surface area contributed by atoms with Crippen LogP contribution in [0.5, 0.6) is 11.5 Å². The van der Waals surface area contributed by atoms with Crippen molar-refractivity contribution in [2.75, 3.05) is 20.8 Å². The molecule has 5 nitrogen and oxygen atoms in total. The van der Waals surface area contributed by atoms with E-state index in [0.717, 1.165) is 5.56 Å². The average Bonchev–Trinajstić information content (AvgIpc) is 2.43. The third-order valence-corrected chi connectivity index (χ3v) is 2.94. The van der Waals surface area contributed by atoms with Gasteiger partial charge in [0.2, 0.25) is 0 Å². The lowest BCUT2D eigenvalue weighted by Gasteiger charge is -2.19. The molecule has 1 aromatic rings. The molecule has 0 radical (unpaired) electrons. The van der Waals surface area contributed by atoms with Crippen molar-refractivity contribution >= 4 is 6.09 Å². The highest BCUT2D eigenvalue weighted by atomic mass is 19.4. The summed E-state index contributed by atoms with van der Waals surface area (Å²) in [6.07, 6.45) is -5.70. The molecule has 1 N–H and O–H groups in total. The van der Waals surface area contributed by atoms with Crippen LogP contribution >= 0.6 is 0 Å². The number of hydrogen-bond acceptors (Lipinski definition) is 4. The highest BCUT2D eigenvalue weighted by molar-refractivity contribution is 5.68. The van der Waals surface area contributed by atoms with Crippen LogP contribution in [-0.2, 0) is 4.74 Å². The van der Waals surface area contributed by atoms with Crippen molar-refractivity contribution < 1.29 is 32.2 Å². The van der Waals surface area contributed by atoms with Crippen LogP contribution in [0.2, 0.25) is 0 Å². The van der Waals surface area contributed by atoms with Gasteiger partial charge < -0.3 is 19.5 Å². The number of aryl methyl sites for hydroxylation is 1. The first-order valence-electron chi connectivity index (χ1n) is 6.40. The molecule has 0 spiro atoms. The van der Waals surface area contributed by atoms with Crippen molar-refractivity contribution in [3.8, 4) is 11.5 Å². The normalized spacial score (nSPS) is 12.5. The predicted octanol–water partition coefficient (Wildman–Crippen LogP) is 3.36. The zero-order chi connectivity index (χ0) is 16.9. The number of alkyl carbamates (subject to hydrolysis) is 1. The van der Waals surface area contributed by atoms with Crippen molar-refractivity contribution in [3.05, 3.63) is 23.3 Å². The van der Waals surface area contributed by atoms with Gasteiger partial charge >= 0.3 is 12.3 Å². The van der Waals surface area contributed by atoms with E-state index in [-0.39, 0.29) is 0 Å². The maximum atomic E-state index is 12.0. The second-order valence-corrected chi connectivity index (χ2v) is 4.62. The summed E-state index contributed by atoms with van der Waals surface area (Å²) in [5.74, 6) is 0.982. The fraction of sp³-hybridized carbons (Fsp3) is 0.500. The number of nitrogens with one attached hydrogen (secondary N) is 1. The summed E-state index contributed by atoms with van der Waals surface area (Å²) < 4.78 is 50.4. The van der Waals surface area contributed by atoms with Crippen LogP contribution in [-0.4, -0.2) is 33.1 Å². The van der Waals surface area contributed by atoms with Crippen molar-refractivity contribution in [1.82, 2.24) is 5.32 Å². The topological polar surface area (TPSA) is 56.8 Å². The van der Waals surface area contributed by atoms with Gasteiger partial charge in [0.05, 0.1) is 20.3 Å². The summed E-state index contributed by atoms with van der Waals surface area (Å²) in [4.78, 5) is 11.4. The number of benzene rings is 1. The monoisotopic (exact) mass is 321 g/mol. The summed E-state index contributed by atoms with van der Waals surface area (Å²) in [6.45, 7) is 1.79. The van der Waals surface area contributed by atoms with E-state index >= 15 is 0 Å². The van der Waals surface area contributed by atoms with Crippen LogP contribution < -0.4 is 14.8 Å². The first kappa shape index (κ1) is 17.9. The molecule has 0 bridgehead atoms. The van der Waals surface area contributed by atoms with E-state index in [0.29, 0.717) is 17.1 Å². The molecule has 0 saturated carbocycles. The summed E-state index contributed by atoms with van der Waals surface area (Å²) in [7, 11) is 2.96.